The number of guanidine groups is 1. The maximum absolute atomic E-state index is 12.3. The molecule has 4 unspecified atom stereocenters. The van der Waals surface area contributed by atoms with Gasteiger partial charge in [-0.3, -0.25) is 9.79 Å². The van der Waals surface area contributed by atoms with E-state index in [4.69, 9.17) is 14.5 Å². The van der Waals surface area contributed by atoms with Crippen molar-refractivity contribution in [2.75, 3.05) is 52.5 Å². The SMILES string of the molecule is CCNC(=NCCC(=O)N1CCOCC1)N1CC2C3CCC(O3)C2C1. The number of nitrogens with one attached hydrogen (secondary N) is 1. The van der Waals surface area contributed by atoms with E-state index in [9.17, 15) is 4.79 Å². The zero-order chi connectivity index (χ0) is 17.2. The molecule has 0 saturated carbocycles. The van der Waals surface area contributed by atoms with Crippen molar-refractivity contribution in [1.82, 2.24) is 15.1 Å². The van der Waals surface area contributed by atoms with E-state index in [1.807, 2.05) is 4.90 Å². The van der Waals surface area contributed by atoms with Crippen LogP contribution in [0.4, 0.5) is 0 Å². The molecular weight excluding hydrogens is 320 g/mol. The van der Waals surface area contributed by atoms with E-state index in [1.54, 1.807) is 0 Å². The van der Waals surface area contributed by atoms with Crippen molar-refractivity contribution in [2.45, 2.75) is 38.4 Å². The minimum absolute atomic E-state index is 0.188. The van der Waals surface area contributed by atoms with E-state index in [0.717, 1.165) is 25.6 Å². The van der Waals surface area contributed by atoms with Gasteiger partial charge in [-0.25, -0.2) is 0 Å². The predicted octanol–water partition coefficient (Wildman–Crippen LogP) is 0.310. The van der Waals surface area contributed by atoms with Crippen molar-refractivity contribution >= 4 is 11.9 Å². The van der Waals surface area contributed by atoms with Crippen LogP contribution in [0.25, 0.3) is 0 Å². The fourth-order valence-electron chi connectivity index (χ4n) is 4.79. The number of hydrogen-bond donors (Lipinski definition) is 1. The maximum Gasteiger partial charge on any atom is 0.224 e. The molecule has 4 aliphatic rings. The summed E-state index contributed by atoms with van der Waals surface area (Å²) in [6.45, 7) is 8.29. The Labute approximate surface area is 149 Å². The molecule has 0 aromatic carbocycles. The number of morpholine rings is 1. The Kier molecular flexibility index (Phi) is 5.12. The minimum atomic E-state index is 0.188. The Morgan fingerprint density at radius 1 is 1.12 bits per heavy atom. The molecule has 1 N–H and O–H groups in total. The molecular formula is C18H30N4O3. The van der Waals surface area contributed by atoms with Crippen molar-refractivity contribution in [3.8, 4) is 0 Å². The van der Waals surface area contributed by atoms with Gasteiger partial charge in [0.25, 0.3) is 0 Å². The molecule has 0 aliphatic carbocycles. The van der Waals surface area contributed by atoms with Gasteiger partial charge in [-0.15, -0.1) is 0 Å². The summed E-state index contributed by atoms with van der Waals surface area (Å²) in [5.74, 6) is 2.48. The molecule has 1 amide bonds. The number of likely N-dealkylation sites (tertiary alicyclic amines) is 1. The largest absolute Gasteiger partial charge is 0.378 e. The molecule has 25 heavy (non-hydrogen) atoms. The molecule has 0 aromatic rings. The number of carbonyl (C=O) groups excluding carboxylic acids is 1. The first kappa shape index (κ1) is 17.1. The van der Waals surface area contributed by atoms with Crippen molar-refractivity contribution in [3.63, 3.8) is 0 Å². The highest BCUT2D eigenvalue weighted by atomic mass is 16.5. The minimum Gasteiger partial charge on any atom is -0.378 e. The lowest BCUT2D eigenvalue weighted by Crippen LogP contribution is -2.42. The molecule has 4 fully saturated rings. The van der Waals surface area contributed by atoms with Crippen LogP contribution in [-0.2, 0) is 14.3 Å². The zero-order valence-corrected chi connectivity index (χ0v) is 15.2. The van der Waals surface area contributed by atoms with Gasteiger partial charge >= 0.3 is 0 Å². The lowest BCUT2D eigenvalue weighted by molar-refractivity contribution is -0.135. The van der Waals surface area contributed by atoms with Crippen molar-refractivity contribution in [2.24, 2.45) is 16.8 Å². The third kappa shape index (κ3) is 3.49. The van der Waals surface area contributed by atoms with Gasteiger partial charge in [0, 0.05) is 51.0 Å². The van der Waals surface area contributed by atoms with Gasteiger partial charge in [0.1, 0.15) is 0 Å². The van der Waals surface area contributed by atoms with E-state index >= 15 is 0 Å². The summed E-state index contributed by atoms with van der Waals surface area (Å²) in [6.07, 6.45) is 3.85. The van der Waals surface area contributed by atoms with Crippen LogP contribution < -0.4 is 5.32 Å². The van der Waals surface area contributed by atoms with E-state index in [1.165, 1.54) is 12.8 Å². The van der Waals surface area contributed by atoms with E-state index in [2.05, 4.69) is 17.1 Å². The lowest BCUT2D eigenvalue weighted by Gasteiger charge is -2.27. The molecule has 2 bridgehead atoms. The molecule has 0 radical (unpaired) electrons. The number of aliphatic imine (C=N–C) groups is 1. The van der Waals surface area contributed by atoms with Gasteiger partial charge in [-0.2, -0.15) is 0 Å². The fraction of sp³-hybridized carbons (Fsp3) is 0.889. The van der Waals surface area contributed by atoms with Gasteiger partial charge in [0.2, 0.25) is 5.91 Å². The Bertz CT molecular complexity index is 502. The molecule has 0 spiro atoms. The number of nitrogens with zero attached hydrogens (tertiary/aromatic N) is 3. The second-order valence-corrected chi connectivity index (χ2v) is 7.50. The van der Waals surface area contributed by atoms with Crippen LogP contribution in [0.3, 0.4) is 0 Å². The highest BCUT2D eigenvalue weighted by Crippen LogP contribution is 2.47. The van der Waals surface area contributed by atoms with Gasteiger partial charge in [0.15, 0.2) is 5.96 Å². The van der Waals surface area contributed by atoms with Crippen LogP contribution in [0.5, 0.6) is 0 Å². The number of amides is 1. The summed E-state index contributed by atoms with van der Waals surface area (Å²) in [7, 11) is 0. The fourth-order valence-corrected chi connectivity index (χ4v) is 4.79. The second kappa shape index (κ2) is 7.50. The molecule has 4 heterocycles. The average Bonchev–Trinajstić information content (AvgIpc) is 3.34. The second-order valence-electron chi connectivity index (χ2n) is 7.50. The van der Waals surface area contributed by atoms with Gasteiger partial charge in [-0.1, -0.05) is 0 Å². The summed E-state index contributed by atoms with van der Waals surface area (Å²) in [5.41, 5.74) is 0. The van der Waals surface area contributed by atoms with Gasteiger partial charge in [-0.05, 0) is 19.8 Å². The Morgan fingerprint density at radius 3 is 2.44 bits per heavy atom. The standard InChI is InChI=1S/C18H30N4O3/c1-2-19-18(20-6-5-17(23)21-7-9-24-10-8-21)22-11-13-14(12-22)16-4-3-15(13)25-16/h13-16H,2-12H2,1H3,(H,19,20). The van der Waals surface area contributed by atoms with Crippen molar-refractivity contribution in [3.05, 3.63) is 0 Å². The monoisotopic (exact) mass is 350 g/mol. The smallest absolute Gasteiger partial charge is 0.224 e. The van der Waals surface area contributed by atoms with Crippen molar-refractivity contribution in [1.29, 1.82) is 0 Å². The van der Waals surface area contributed by atoms with E-state index in [0.29, 0.717) is 63.3 Å². The Balaban J connectivity index is 1.31. The zero-order valence-electron chi connectivity index (χ0n) is 15.2. The number of rotatable bonds is 4. The van der Waals surface area contributed by atoms with Crippen molar-refractivity contribution < 1.29 is 14.3 Å². The molecule has 0 aromatic heterocycles. The Morgan fingerprint density at radius 2 is 1.80 bits per heavy atom. The number of ether oxygens (including phenoxy) is 2. The molecule has 4 atom stereocenters. The summed E-state index contributed by atoms with van der Waals surface area (Å²) in [5, 5.41) is 3.41. The van der Waals surface area contributed by atoms with Crippen LogP contribution in [0.2, 0.25) is 0 Å². The highest BCUT2D eigenvalue weighted by Gasteiger charge is 2.53. The quantitative estimate of drug-likeness (QED) is 0.584. The molecule has 4 aliphatic heterocycles. The maximum atomic E-state index is 12.3. The molecule has 140 valence electrons. The van der Waals surface area contributed by atoms with Gasteiger partial charge < -0.3 is 24.6 Å². The predicted molar refractivity (Wildman–Crippen MR) is 94.4 cm³/mol. The number of fused-ring (bicyclic) bond motifs is 5. The Hall–Kier alpha value is -1.34. The van der Waals surface area contributed by atoms with Crippen LogP contribution in [0.1, 0.15) is 26.2 Å². The molecule has 4 saturated heterocycles. The third-order valence-electron chi connectivity index (χ3n) is 6.04. The summed E-state index contributed by atoms with van der Waals surface area (Å²) >= 11 is 0. The summed E-state index contributed by atoms with van der Waals surface area (Å²) in [6, 6.07) is 0. The summed E-state index contributed by atoms with van der Waals surface area (Å²) < 4.78 is 11.4. The van der Waals surface area contributed by atoms with E-state index < -0.39 is 0 Å². The first-order chi connectivity index (χ1) is 12.3. The first-order valence-electron chi connectivity index (χ1n) is 9.80. The highest BCUT2D eigenvalue weighted by molar-refractivity contribution is 5.81. The third-order valence-corrected chi connectivity index (χ3v) is 6.04. The topological polar surface area (TPSA) is 66.4 Å². The average molecular weight is 350 g/mol. The van der Waals surface area contributed by atoms with Gasteiger partial charge in [0.05, 0.1) is 32.0 Å². The van der Waals surface area contributed by atoms with Crippen LogP contribution in [-0.4, -0.2) is 86.4 Å². The van der Waals surface area contributed by atoms with E-state index in [-0.39, 0.29) is 5.91 Å². The van der Waals surface area contributed by atoms with Crippen LogP contribution in [0.15, 0.2) is 4.99 Å². The number of carbonyl (C=O) groups is 1. The molecule has 4 rings (SSSR count). The molecule has 7 heteroatoms. The lowest BCUT2D eigenvalue weighted by atomic mass is 9.82. The normalized spacial score (nSPS) is 34.5. The summed E-state index contributed by atoms with van der Waals surface area (Å²) in [4.78, 5) is 21.3. The first-order valence-corrected chi connectivity index (χ1v) is 9.80. The van der Waals surface area contributed by atoms with Crippen LogP contribution in [0, 0.1) is 11.8 Å². The number of hydrogen-bond acceptors (Lipinski definition) is 4. The van der Waals surface area contributed by atoms with Crippen LogP contribution >= 0.6 is 0 Å². The molecule has 7 nitrogen and oxygen atoms in total.